The second-order valence-electron chi connectivity index (χ2n) is 3.52. The molecular formula is C11H10ClN3O2. The van der Waals surface area contributed by atoms with Crippen LogP contribution in [0.2, 0.25) is 5.15 Å². The van der Waals surface area contributed by atoms with Crippen molar-refractivity contribution in [3.63, 3.8) is 0 Å². The highest BCUT2D eigenvalue weighted by Crippen LogP contribution is 2.17. The molecule has 0 aliphatic rings. The minimum atomic E-state index is -0.282. The monoisotopic (exact) mass is 251 g/mol. The lowest BCUT2D eigenvalue weighted by Gasteiger charge is -2.06. The predicted molar refractivity (Wildman–Crippen MR) is 63.2 cm³/mol. The Morgan fingerprint density at radius 1 is 1.41 bits per heavy atom. The summed E-state index contributed by atoms with van der Waals surface area (Å²) in [7, 11) is 0. The van der Waals surface area contributed by atoms with Crippen LogP contribution in [0.5, 0.6) is 0 Å². The SMILES string of the molecule is Cc1nc(Cl)ccc1NC(=O)c1cnoc1C. The summed E-state index contributed by atoms with van der Waals surface area (Å²) in [4.78, 5) is 15.9. The average molecular weight is 252 g/mol. The third-order valence-electron chi connectivity index (χ3n) is 2.30. The first-order chi connectivity index (χ1) is 8.08. The molecule has 2 aromatic rings. The molecule has 6 heteroatoms. The Labute approximate surface area is 103 Å². The van der Waals surface area contributed by atoms with E-state index in [4.69, 9.17) is 16.1 Å². The molecule has 0 unspecified atom stereocenters. The molecule has 0 bridgehead atoms. The van der Waals surface area contributed by atoms with Gasteiger partial charge in [0.25, 0.3) is 5.91 Å². The lowest BCUT2D eigenvalue weighted by atomic mass is 10.2. The van der Waals surface area contributed by atoms with Crippen molar-refractivity contribution in [3.05, 3.63) is 40.5 Å². The van der Waals surface area contributed by atoms with Gasteiger partial charge in [0.2, 0.25) is 0 Å². The Morgan fingerprint density at radius 2 is 2.18 bits per heavy atom. The van der Waals surface area contributed by atoms with Crippen molar-refractivity contribution in [3.8, 4) is 0 Å². The van der Waals surface area contributed by atoms with Crippen molar-refractivity contribution >= 4 is 23.2 Å². The number of rotatable bonds is 2. The molecule has 0 aliphatic heterocycles. The zero-order chi connectivity index (χ0) is 12.4. The van der Waals surface area contributed by atoms with Gasteiger partial charge in [-0.25, -0.2) is 4.98 Å². The van der Waals surface area contributed by atoms with E-state index in [2.05, 4.69) is 15.5 Å². The highest BCUT2D eigenvalue weighted by Gasteiger charge is 2.14. The summed E-state index contributed by atoms with van der Waals surface area (Å²) in [6.45, 7) is 3.44. The van der Waals surface area contributed by atoms with Gasteiger partial charge in [-0.2, -0.15) is 0 Å². The Hall–Kier alpha value is -1.88. The summed E-state index contributed by atoms with van der Waals surface area (Å²) in [6.07, 6.45) is 1.38. The van der Waals surface area contributed by atoms with E-state index in [0.29, 0.717) is 27.9 Å². The van der Waals surface area contributed by atoms with E-state index in [0.717, 1.165) is 0 Å². The first-order valence-corrected chi connectivity index (χ1v) is 5.31. The van der Waals surface area contributed by atoms with E-state index in [-0.39, 0.29) is 5.91 Å². The van der Waals surface area contributed by atoms with Gasteiger partial charge < -0.3 is 9.84 Å². The first-order valence-electron chi connectivity index (χ1n) is 4.93. The van der Waals surface area contributed by atoms with Crippen molar-refractivity contribution in [2.75, 3.05) is 5.32 Å². The normalized spacial score (nSPS) is 10.3. The lowest BCUT2D eigenvalue weighted by Crippen LogP contribution is -2.13. The molecule has 88 valence electrons. The predicted octanol–water partition coefficient (Wildman–Crippen LogP) is 2.59. The molecule has 0 atom stereocenters. The maximum atomic E-state index is 11.9. The van der Waals surface area contributed by atoms with Crippen molar-refractivity contribution in [2.45, 2.75) is 13.8 Å². The minimum absolute atomic E-state index is 0.282. The highest BCUT2D eigenvalue weighted by atomic mass is 35.5. The molecule has 2 heterocycles. The van der Waals surface area contributed by atoms with Crippen molar-refractivity contribution in [2.24, 2.45) is 0 Å². The van der Waals surface area contributed by atoms with Crippen molar-refractivity contribution in [1.82, 2.24) is 10.1 Å². The molecule has 0 spiro atoms. The van der Waals surface area contributed by atoms with Crippen LogP contribution in [-0.2, 0) is 0 Å². The van der Waals surface area contributed by atoms with Gasteiger partial charge in [-0.1, -0.05) is 16.8 Å². The number of aromatic nitrogens is 2. The van der Waals surface area contributed by atoms with Crippen LogP contribution in [0.25, 0.3) is 0 Å². The molecule has 0 saturated heterocycles. The Bertz CT molecular complexity index is 566. The van der Waals surface area contributed by atoms with Gasteiger partial charge >= 0.3 is 0 Å². The van der Waals surface area contributed by atoms with E-state index in [1.165, 1.54) is 6.20 Å². The van der Waals surface area contributed by atoms with Gasteiger partial charge in [-0.15, -0.1) is 0 Å². The third-order valence-corrected chi connectivity index (χ3v) is 2.51. The van der Waals surface area contributed by atoms with Crippen LogP contribution in [0.15, 0.2) is 22.9 Å². The number of aryl methyl sites for hydroxylation is 2. The number of halogens is 1. The van der Waals surface area contributed by atoms with Crippen molar-refractivity contribution in [1.29, 1.82) is 0 Å². The number of hydrogen-bond donors (Lipinski definition) is 1. The quantitative estimate of drug-likeness (QED) is 0.833. The molecule has 0 aromatic carbocycles. The molecule has 0 aliphatic carbocycles. The number of carbonyl (C=O) groups excluding carboxylic acids is 1. The average Bonchev–Trinajstić information content (AvgIpc) is 2.68. The Balaban J connectivity index is 2.22. The Kier molecular flexibility index (Phi) is 3.10. The fourth-order valence-electron chi connectivity index (χ4n) is 1.37. The lowest BCUT2D eigenvalue weighted by molar-refractivity contribution is 0.102. The third kappa shape index (κ3) is 2.45. The summed E-state index contributed by atoms with van der Waals surface area (Å²) in [5.74, 6) is 0.193. The fraction of sp³-hybridized carbons (Fsp3) is 0.182. The van der Waals surface area contributed by atoms with Gasteiger partial charge in [0.05, 0.1) is 17.6 Å². The summed E-state index contributed by atoms with van der Waals surface area (Å²) in [5, 5.41) is 6.66. The van der Waals surface area contributed by atoms with E-state index in [1.807, 2.05) is 0 Å². The Morgan fingerprint density at radius 3 is 2.76 bits per heavy atom. The van der Waals surface area contributed by atoms with E-state index >= 15 is 0 Å². The molecule has 0 saturated carbocycles. The number of hydrogen-bond acceptors (Lipinski definition) is 4. The molecule has 5 nitrogen and oxygen atoms in total. The molecule has 2 rings (SSSR count). The summed E-state index contributed by atoms with van der Waals surface area (Å²) >= 11 is 5.73. The highest BCUT2D eigenvalue weighted by molar-refractivity contribution is 6.29. The zero-order valence-electron chi connectivity index (χ0n) is 9.32. The molecule has 0 radical (unpaired) electrons. The number of pyridine rings is 1. The molecular weight excluding hydrogens is 242 g/mol. The van der Waals surface area contributed by atoms with Crippen LogP contribution in [0, 0.1) is 13.8 Å². The van der Waals surface area contributed by atoms with Crippen LogP contribution in [0.1, 0.15) is 21.8 Å². The van der Waals surface area contributed by atoms with Gasteiger partial charge in [-0.05, 0) is 26.0 Å². The smallest absolute Gasteiger partial charge is 0.260 e. The van der Waals surface area contributed by atoms with Crippen LogP contribution in [0.4, 0.5) is 5.69 Å². The van der Waals surface area contributed by atoms with E-state index in [9.17, 15) is 4.79 Å². The molecule has 17 heavy (non-hydrogen) atoms. The van der Waals surface area contributed by atoms with E-state index < -0.39 is 0 Å². The molecule has 2 aromatic heterocycles. The number of anilines is 1. The van der Waals surface area contributed by atoms with Crippen molar-refractivity contribution < 1.29 is 9.32 Å². The van der Waals surface area contributed by atoms with Gasteiger partial charge in [0.1, 0.15) is 16.5 Å². The topological polar surface area (TPSA) is 68.0 Å². The summed E-state index contributed by atoms with van der Waals surface area (Å²) in [6, 6.07) is 3.32. The van der Waals surface area contributed by atoms with Crippen LogP contribution < -0.4 is 5.32 Å². The number of nitrogens with one attached hydrogen (secondary N) is 1. The van der Waals surface area contributed by atoms with Gasteiger partial charge in [-0.3, -0.25) is 4.79 Å². The first kappa shape index (κ1) is 11.6. The largest absolute Gasteiger partial charge is 0.361 e. The second-order valence-corrected chi connectivity index (χ2v) is 3.90. The molecule has 1 amide bonds. The maximum Gasteiger partial charge on any atom is 0.260 e. The van der Waals surface area contributed by atoms with E-state index in [1.54, 1.807) is 26.0 Å². The fourth-order valence-corrected chi connectivity index (χ4v) is 1.56. The number of carbonyl (C=O) groups is 1. The second kappa shape index (κ2) is 4.55. The van der Waals surface area contributed by atoms with Crippen LogP contribution >= 0.6 is 11.6 Å². The summed E-state index contributed by atoms with van der Waals surface area (Å²) < 4.78 is 4.83. The van der Waals surface area contributed by atoms with Gasteiger partial charge in [0.15, 0.2) is 0 Å². The standard InChI is InChI=1S/C11H10ClN3O2/c1-6-9(3-4-10(12)14-6)15-11(16)8-5-13-17-7(8)2/h3-5H,1-2H3,(H,15,16). The number of amides is 1. The van der Waals surface area contributed by atoms with Crippen LogP contribution in [0.3, 0.4) is 0 Å². The molecule has 1 N–H and O–H groups in total. The summed E-state index contributed by atoms with van der Waals surface area (Å²) in [5.41, 5.74) is 1.67. The minimum Gasteiger partial charge on any atom is -0.361 e. The molecule has 0 fully saturated rings. The zero-order valence-corrected chi connectivity index (χ0v) is 10.1. The maximum absolute atomic E-state index is 11.9. The van der Waals surface area contributed by atoms with Crippen LogP contribution in [-0.4, -0.2) is 16.0 Å². The van der Waals surface area contributed by atoms with Gasteiger partial charge in [0, 0.05) is 0 Å². The number of nitrogens with zero attached hydrogens (tertiary/aromatic N) is 2.